The Balaban J connectivity index is 2.40. The molecule has 0 bridgehead atoms. The SMILES string of the molecule is C/C(=C\I)CC[C@H](O[Si](C(C)C)(C(C)C)C(C)C)[C@@H](C)CS(=O)(=O)c1nnnn1-c1ccccc1. The average molecular weight is 633 g/mol. The fourth-order valence-electron chi connectivity index (χ4n) is 5.19. The number of hydrogen-bond donors (Lipinski definition) is 0. The van der Waals surface area contributed by atoms with Gasteiger partial charge >= 0.3 is 0 Å². The molecule has 196 valence electrons. The van der Waals surface area contributed by atoms with Gasteiger partial charge in [0.1, 0.15) is 0 Å². The van der Waals surface area contributed by atoms with Gasteiger partial charge in [-0.3, -0.25) is 0 Å². The van der Waals surface area contributed by atoms with Gasteiger partial charge in [-0.2, -0.15) is 4.68 Å². The molecule has 2 aromatic rings. The van der Waals surface area contributed by atoms with Crippen LogP contribution in [0.3, 0.4) is 0 Å². The molecule has 0 saturated carbocycles. The molecular formula is C25H41IN4O3SSi. The Labute approximate surface area is 226 Å². The van der Waals surface area contributed by atoms with E-state index < -0.39 is 18.2 Å². The molecule has 0 spiro atoms. The van der Waals surface area contributed by atoms with Crippen molar-refractivity contribution in [3.63, 3.8) is 0 Å². The van der Waals surface area contributed by atoms with Gasteiger partial charge < -0.3 is 4.43 Å². The smallest absolute Gasteiger partial charge is 0.272 e. The number of hydrogen-bond acceptors (Lipinski definition) is 6. The van der Waals surface area contributed by atoms with Crippen molar-refractivity contribution in [3.8, 4) is 5.69 Å². The van der Waals surface area contributed by atoms with Crippen LogP contribution in [0.4, 0.5) is 0 Å². The van der Waals surface area contributed by atoms with Crippen molar-refractivity contribution in [1.29, 1.82) is 0 Å². The third-order valence-corrected chi connectivity index (χ3v) is 15.9. The molecule has 0 amide bonds. The lowest BCUT2D eigenvalue weighted by molar-refractivity contribution is 0.120. The number of aromatic nitrogens is 4. The van der Waals surface area contributed by atoms with Gasteiger partial charge in [-0.25, -0.2) is 8.42 Å². The molecule has 0 aliphatic rings. The number of nitrogens with zero attached hydrogens (tertiary/aromatic N) is 4. The fraction of sp³-hybridized carbons (Fsp3) is 0.640. The second-order valence-electron chi connectivity index (χ2n) is 10.4. The summed E-state index contributed by atoms with van der Waals surface area (Å²) in [5, 5.41) is 11.4. The first kappa shape index (κ1) is 30.1. The van der Waals surface area contributed by atoms with Crippen LogP contribution >= 0.6 is 22.6 Å². The van der Waals surface area contributed by atoms with Crippen molar-refractivity contribution >= 4 is 40.7 Å². The summed E-state index contributed by atoms with van der Waals surface area (Å²) < 4.78 is 37.6. The monoisotopic (exact) mass is 632 g/mol. The van der Waals surface area contributed by atoms with Gasteiger partial charge in [0.25, 0.3) is 5.16 Å². The molecule has 0 aliphatic carbocycles. The van der Waals surface area contributed by atoms with Crippen molar-refractivity contribution in [2.45, 2.75) is 96.1 Å². The molecule has 1 aromatic heterocycles. The summed E-state index contributed by atoms with van der Waals surface area (Å²) in [5.74, 6) is -0.289. The molecule has 1 heterocycles. The van der Waals surface area contributed by atoms with Crippen LogP contribution in [0, 0.1) is 5.92 Å². The minimum Gasteiger partial charge on any atom is -0.413 e. The Kier molecular flexibility index (Phi) is 11.1. The second-order valence-corrected chi connectivity index (χ2v) is 18.4. The first-order chi connectivity index (χ1) is 16.4. The number of rotatable bonds is 13. The molecule has 2 atom stereocenters. The highest BCUT2D eigenvalue weighted by Gasteiger charge is 2.47. The Morgan fingerprint density at radius 2 is 1.63 bits per heavy atom. The lowest BCUT2D eigenvalue weighted by Gasteiger charge is -2.46. The molecule has 0 unspecified atom stereocenters. The van der Waals surface area contributed by atoms with Crippen LogP contribution in [0.1, 0.15) is 68.2 Å². The van der Waals surface area contributed by atoms with Crippen molar-refractivity contribution in [2.24, 2.45) is 5.92 Å². The summed E-state index contributed by atoms with van der Waals surface area (Å²) in [7, 11) is -5.96. The Hall–Kier alpha value is -1.11. The van der Waals surface area contributed by atoms with Crippen LogP contribution in [-0.4, -0.2) is 48.8 Å². The van der Waals surface area contributed by atoms with Crippen LogP contribution in [-0.2, 0) is 14.3 Å². The molecule has 0 fully saturated rings. The number of sulfone groups is 1. The fourth-order valence-corrected chi connectivity index (χ4v) is 12.8. The van der Waals surface area contributed by atoms with Gasteiger partial charge in [0.15, 0.2) is 0 Å². The van der Waals surface area contributed by atoms with E-state index in [4.69, 9.17) is 4.43 Å². The van der Waals surface area contributed by atoms with Gasteiger partial charge in [0.2, 0.25) is 18.2 Å². The maximum absolute atomic E-state index is 13.5. The normalized spacial score (nSPS) is 15.3. The highest BCUT2D eigenvalue weighted by molar-refractivity contribution is 14.1. The van der Waals surface area contributed by atoms with E-state index in [1.165, 1.54) is 10.3 Å². The van der Waals surface area contributed by atoms with Crippen LogP contribution in [0.15, 0.2) is 45.1 Å². The predicted octanol–water partition coefficient (Wildman–Crippen LogP) is 6.75. The van der Waals surface area contributed by atoms with Gasteiger partial charge in [-0.05, 0) is 68.9 Å². The molecule has 0 radical (unpaired) electrons. The zero-order valence-corrected chi connectivity index (χ0v) is 26.2. The van der Waals surface area contributed by atoms with Gasteiger partial charge in [-0.15, -0.1) is 0 Å². The van der Waals surface area contributed by atoms with Crippen molar-refractivity contribution in [2.75, 3.05) is 5.75 Å². The Bertz CT molecular complexity index is 1050. The molecule has 0 aliphatic heterocycles. The van der Waals surface area contributed by atoms with Crippen LogP contribution < -0.4 is 0 Å². The summed E-state index contributed by atoms with van der Waals surface area (Å²) in [6, 6.07) is 9.11. The summed E-state index contributed by atoms with van der Waals surface area (Å²) in [4.78, 5) is 0. The number of tetrazole rings is 1. The molecule has 7 nitrogen and oxygen atoms in total. The molecule has 2 rings (SSSR count). The van der Waals surface area contributed by atoms with Crippen LogP contribution in [0.2, 0.25) is 16.6 Å². The summed E-state index contributed by atoms with van der Waals surface area (Å²) in [6.45, 7) is 17.6. The van der Waals surface area contributed by atoms with E-state index in [9.17, 15) is 8.42 Å². The number of halogens is 1. The number of benzene rings is 1. The zero-order chi connectivity index (χ0) is 26.4. The largest absolute Gasteiger partial charge is 0.413 e. The molecule has 0 saturated heterocycles. The van der Waals surface area contributed by atoms with Crippen LogP contribution in [0.5, 0.6) is 0 Å². The zero-order valence-electron chi connectivity index (χ0n) is 22.3. The lowest BCUT2D eigenvalue weighted by Crippen LogP contribution is -2.51. The van der Waals surface area contributed by atoms with Crippen LogP contribution in [0.25, 0.3) is 5.69 Å². The van der Waals surface area contributed by atoms with E-state index in [0.717, 1.165) is 12.8 Å². The standard InChI is InChI=1S/C25H41IN4O3SSi/c1-18(2)35(19(3)4,20(5)6)33-24(15-14-21(7)16-26)22(8)17-34(31,32)25-27-28-29-30(25)23-12-10-9-11-13-23/h9-13,16,18-20,22,24H,14-15,17H2,1-8H3/b21-16+/t22-,24-/m0/s1. The molecular weight excluding hydrogens is 591 g/mol. The number of allylic oxidation sites excluding steroid dienone is 1. The Morgan fingerprint density at radius 3 is 2.14 bits per heavy atom. The minimum absolute atomic E-state index is 0.0728. The lowest BCUT2D eigenvalue weighted by atomic mass is 10.0. The topological polar surface area (TPSA) is 87.0 Å². The predicted molar refractivity (Wildman–Crippen MR) is 153 cm³/mol. The summed E-state index contributed by atoms with van der Waals surface area (Å²) >= 11 is 2.26. The third-order valence-electron chi connectivity index (χ3n) is 6.91. The summed E-state index contributed by atoms with van der Waals surface area (Å²) in [5.41, 5.74) is 3.14. The first-order valence-electron chi connectivity index (χ1n) is 12.4. The maximum Gasteiger partial charge on any atom is 0.272 e. The van der Waals surface area contributed by atoms with E-state index in [0.29, 0.717) is 22.3 Å². The first-order valence-corrected chi connectivity index (χ1v) is 17.4. The second kappa shape index (κ2) is 12.9. The van der Waals surface area contributed by atoms with Crippen molar-refractivity contribution < 1.29 is 12.8 Å². The van der Waals surface area contributed by atoms with Gasteiger partial charge in [0.05, 0.1) is 11.4 Å². The van der Waals surface area contributed by atoms with Crippen molar-refractivity contribution in [3.05, 3.63) is 40.0 Å². The van der Waals surface area contributed by atoms with Crippen molar-refractivity contribution in [1.82, 2.24) is 20.2 Å². The summed E-state index contributed by atoms with van der Waals surface area (Å²) in [6.07, 6.45) is 1.49. The van der Waals surface area contributed by atoms with E-state index in [1.54, 1.807) is 12.1 Å². The minimum atomic E-state index is -3.75. The van der Waals surface area contributed by atoms with E-state index in [-0.39, 0.29) is 22.9 Å². The van der Waals surface area contributed by atoms with E-state index in [1.807, 2.05) is 25.1 Å². The Morgan fingerprint density at radius 1 is 1.06 bits per heavy atom. The molecule has 10 heteroatoms. The highest BCUT2D eigenvalue weighted by atomic mass is 127. The van der Waals surface area contributed by atoms with E-state index >= 15 is 0 Å². The van der Waals surface area contributed by atoms with E-state index in [2.05, 4.69) is 90.7 Å². The van der Waals surface area contributed by atoms with Gasteiger partial charge in [0, 0.05) is 6.10 Å². The third kappa shape index (κ3) is 7.23. The van der Waals surface area contributed by atoms with Gasteiger partial charge in [-0.1, -0.05) is 99.9 Å². The molecule has 0 N–H and O–H groups in total. The number of para-hydroxylation sites is 1. The maximum atomic E-state index is 13.5. The molecule has 35 heavy (non-hydrogen) atoms. The molecule has 1 aromatic carbocycles. The average Bonchev–Trinajstić information content (AvgIpc) is 3.29. The quantitative estimate of drug-likeness (QED) is 0.179. The highest BCUT2D eigenvalue weighted by Crippen LogP contribution is 2.44.